The van der Waals surface area contributed by atoms with E-state index >= 15 is 0 Å². The number of halogens is 1. The van der Waals surface area contributed by atoms with Crippen LogP contribution in [0.15, 0.2) is 24.3 Å². The normalized spacial score (nSPS) is 21.6. The highest BCUT2D eigenvalue weighted by Crippen LogP contribution is 2.30. The van der Waals surface area contributed by atoms with Gasteiger partial charge in [0.1, 0.15) is 0 Å². The molecule has 6 heteroatoms. The molecule has 1 aliphatic heterocycles. The topological polar surface area (TPSA) is 40.6 Å². The van der Waals surface area contributed by atoms with E-state index in [1.165, 1.54) is 12.8 Å². The maximum Gasteiger partial charge on any atom is 0.218 e. The minimum atomic E-state index is -3.22. The van der Waals surface area contributed by atoms with E-state index in [2.05, 4.69) is 4.90 Å². The number of hydrogen-bond acceptors (Lipinski definition) is 3. The van der Waals surface area contributed by atoms with Gasteiger partial charge in [-0.05, 0) is 36.5 Å². The predicted molar refractivity (Wildman–Crippen MR) is 84.8 cm³/mol. The lowest BCUT2D eigenvalue weighted by Gasteiger charge is -2.34. The zero-order valence-corrected chi connectivity index (χ0v) is 13.6. The van der Waals surface area contributed by atoms with Gasteiger partial charge >= 0.3 is 0 Å². The third kappa shape index (κ3) is 4.19. The smallest absolute Gasteiger partial charge is 0.218 e. The molecule has 0 N–H and O–H groups in total. The average molecular weight is 329 g/mol. The highest BCUT2D eigenvalue weighted by atomic mass is 35.5. The van der Waals surface area contributed by atoms with Crippen LogP contribution >= 0.6 is 11.6 Å². The van der Waals surface area contributed by atoms with Gasteiger partial charge < -0.3 is 4.90 Å². The summed E-state index contributed by atoms with van der Waals surface area (Å²) in [6, 6.07) is 7.03. The summed E-state index contributed by atoms with van der Waals surface area (Å²) < 4.78 is 26.5. The zero-order chi connectivity index (χ0) is 14.9. The molecule has 1 heterocycles. The molecule has 0 atom stereocenters. The summed E-state index contributed by atoms with van der Waals surface area (Å²) in [6.45, 7) is 4.09. The Bertz CT molecular complexity index is 576. The average Bonchev–Trinajstić information content (AvgIpc) is 3.26. The van der Waals surface area contributed by atoms with Crippen molar-refractivity contribution in [3.05, 3.63) is 34.9 Å². The van der Waals surface area contributed by atoms with E-state index in [4.69, 9.17) is 11.6 Å². The van der Waals surface area contributed by atoms with Gasteiger partial charge in [-0.25, -0.2) is 8.42 Å². The highest BCUT2D eigenvalue weighted by molar-refractivity contribution is 7.88. The van der Waals surface area contributed by atoms with E-state index in [1.807, 2.05) is 0 Å². The number of nitrogens with zero attached hydrogens (tertiary/aromatic N) is 2. The fourth-order valence-corrected chi connectivity index (χ4v) is 4.38. The molecule has 0 bridgehead atoms. The molecule has 3 rings (SSSR count). The van der Waals surface area contributed by atoms with Gasteiger partial charge in [-0.3, -0.25) is 0 Å². The molecule has 4 nitrogen and oxygen atoms in total. The van der Waals surface area contributed by atoms with Crippen LogP contribution in [0.3, 0.4) is 0 Å². The van der Waals surface area contributed by atoms with Crippen LogP contribution in [0.4, 0.5) is 0 Å². The lowest BCUT2D eigenvalue weighted by atomic mass is 10.2. The standard InChI is InChI=1S/C15H21ClN2O2S/c16-15-5-3-14(4-6-15)12-21(19,20)18-9-7-17(8-10-18)11-13-1-2-13/h3-6,13H,1-2,7-12H2. The summed E-state index contributed by atoms with van der Waals surface area (Å²) in [4.78, 5) is 2.39. The van der Waals surface area contributed by atoms with Crippen molar-refractivity contribution in [3.8, 4) is 0 Å². The molecule has 2 aliphatic rings. The first-order chi connectivity index (χ1) is 10.0. The SMILES string of the molecule is O=S(=O)(Cc1ccc(Cl)cc1)N1CCN(CC2CC2)CC1. The second-order valence-corrected chi connectivity index (χ2v) is 8.43. The molecule has 1 aliphatic carbocycles. The Labute approximate surface area is 131 Å². The van der Waals surface area contributed by atoms with Crippen molar-refractivity contribution in [1.29, 1.82) is 0 Å². The molecule has 0 aromatic heterocycles. The second-order valence-electron chi connectivity index (χ2n) is 6.03. The quantitative estimate of drug-likeness (QED) is 0.832. The first kappa shape index (κ1) is 15.3. The minimum Gasteiger partial charge on any atom is -0.300 e. The fraction of sp³-hybridized carbons (Fsp3) is 0.600. The van der Waals surface area contributed by atoms with Crippen LogP contribution in [-0.2, 0) is 15.8 Å². The second kappa shape index (κ2) is 6.24. The van der Waals surface area contributed by atoms with Gasteiger partial charge in [0.2, 0.25) is 10.0 Å². The summed E-state index contributed by atoms with van der Waals surface area (Å²) >= 11 is 5.83. The van der Waals surface area contributed by atoms with Crippen LogP contribution in [0.1, 0.15) is 18.4 Å². The van der Waals surface area contributed by atoms with Crippen molar-refractivity contribution in [2.24, 2.45) is 5.92 Å². The van der Waals surface area contributed by atoms with Crippen molar-refractivity contribution < 1.29 is 8.42 Å². The van der Waals surface area contributed by atoms with Crippen molar-refractivity contribution in [1.82, 2.24) is 9.21 Å². The van der Waals surface area contributed by atoms with Crippen LogP contribution in [0.25, 0.3) is 0 Å². The van der Waals surface area contributed by atoms with Crippen LogP contribution < -0.4 is 0 Å². The molecule has 0 radical (unpaired) electrons. The van der Waals surface area contributed by atoms with Crippen LogP contribution in [-0.4, -0.2) is 50.3 Å². The Morgan fingerprint density at radius 2 is 1.67 bits per heavy atom. The summed E-state index contributed by atoms with van der Waals surface area (Å²) in [5.41, 5.74) is 0.791. The van der Waals surface area contributed by atoms with Crippen LogP contribution in [0.5, 0.6) is 0 Å². The molecule has 0 unspecified atom stereocenters. The van der Waals surface area contributed by atoms with Gasteiger partial charge in [-0.1, -0.05) is 23.7 Å². The van der Waals surface area contributed by atoms with E-state index in [1.54, 1.807) is 28.6 Å². The number of hydrogen-bond donors (Lipinski definition) is 0. The lowest BCUT2D eigenvalue weighted by molar-refractivity contribution is 0.182. The third-order valence-corrected chi connectivity index (χ3v) is 6.30. The van der Waals surface area contributed by atoms with Crippen LogP contribution in [0, 0.1) is 5.92 Å². The monoisotopic (exact) mass is 328 g/mol. The number of sulfonamides is 1. The fourth-order valence-electron chi connectivity index (χ4n) is 2.74. The van der Waals surface area contributed by atoms with Crippen molar-refractivity contribution in [3.63, 3.8) is 0 Å². The van der Waals surface area contributed by atoms with E-state index in [9.17, 15) is 8.42 Å². The maximum absolute atomic E-state index is 12.5. The summed E-state index contributed by atoms with van der Waals surface area (Å²) in [5, 5.41) is 0.629. The first-order valence-corrected chi connectivity index (χ1v) is 9.46. The van der Waals surface area contributed by atoms with Gasteiger partial charge in [-0.2, -0.15) is 4.31 Å². The molecule has 0 amide bonds. The molecule has 1 aromatic rings. The first-order valence-electron chi connectivity index (χ1n) is 7.47. The molecule has 0 spiro atoms. The number of benzene rings is 1. The molecule has 2 fully saturated rings. The Morgan fingerprint density at radius 3 is 2.24 bits per heavy atom. The van der Waals surface area contributed by atoms with Gasteiger partial charge in [-0.15, -0.1) is 0 Å². The molecule has 1 saturated heterocycles. The number of piperazine rings is 1. The van der Waals surface area contributed by atoms with E-state index < -0.39 is 10.0 Å². The Balaban J connectivity index is 1.56. The Kier molecular flexibility index (Phi) is 4.54. The van der Waals surface area contributed by atoms with E-state index in [0.717, 1.165) is 31.1 Å². The van der Waals surface area contributed by atoms with Crippen molar-refractivity contribution in [2.45, 2.75) is 18.6 Å². The highest BCUT2D eigenvalue weighted by Gasteiger charge is 2.30. The molecule has 116 valence electrons. The van der Waals surface area contributed by atoms with Gasteiger partial charge in [0.25, 0.3) is 0 Å². The van der Waals surface area contributed by atoms with Crippen molar-refractivity contribution in [2.75, 3.05) is 32.7 Å². The zero-order valence-electron chi connectivity index (χ0n) is 12.0. The van der Waals surface area contributed by atoms with E-state index in [0.29, 0.717) is 18.1 Å². The largest absolute Gasteiger partial charge is 0.300 e. The minimum absolute atomic E-state index is 0.0623. The van der Waals surface area contributed by atoms with Gasteiger partial charge in [0.15, 0.2) is 0 Å². The summed E-state index contributed by atoms with van der Waals surface area (Å²) in [5.74, 6) is 0.925. The lowest BCUT2D eigenvalue weighted by Crippen LogP contribution is -2.49. The van der Waals surface area contributed by atoms with E-state index in [-0.39, 0.29) is 5.75 Å². The summed E-state index contributed by atoms with van der Waals surface area (Å²) in [6.07, 6.45) is 2.68. The van der Waals surface area contributed by atoms with Crippen molar-refractivity contribution >= 4 is 21.6 Å². The van der Waals surface area contributed by atoms with Crippen LogP contribution in [0.2, 0.25) is 5.02 Å². The molecular weight excluding hydrogens is 308 g/mol. The maximum atomic E-state index is 12.5. The number of rotatable bonds is 5. The molecule has 21 heavy (non-hydrogen) atoms. The van der Waals surface area contributed by atoms with Gasteiger partial charge in [0.05, 0.1) is 5.75 Å². The molecule has 1 aromatic carbocycles. The van der Waals surface area contributed by atoms with Gasteiger partial charge in [0, 0.05) is 37.7 Å². The molecular formula is C15H21ClN2O2S. The molecule has 1 saturated carbocycles. The Hall–Kier alpha value is -0.620. The predicted octanol–water partition coefficient (Wildman–Crippen LogP) is 2.20. The third-order valence-electron chi connectivity index (χ3n) is 4.20. The summed E-state index contributed by atoms with van der Waals surface area (Å²) in [7, 11) is -3.22. The Morgan fingerprint density at radius 1 is 1.05 bits per heavy atom.